The first kappa shape index (κ1) is 9.65. The minimum atomic E-state index is -0.0704. The van der Waals surface area contributed by atoms with Crippen molar-refractivity contribution in [2.75, 3.05) is 0 Å². The Labute approximate surface area is 88.5 Å². The monoisotopic (exact) mass is 200 g/mol. The number of benzene rings is 1. The van der Waals surface area contributed by atoms with E-state index in [0.717, 1.165) is 18.5 Å². The minimum Gasteiger partial charge on any atom is -0.324 e. The van der Waals surface area contributed by atoms with E-state index in [1.807, 2.05) is 24.4 Å². The van der Waals surface area contributed by atoms with E-state index in [1.165, 1.54) is 0 Å². The van der Waals surface area contributed by atoms with Gasteiger partial charge in [0.25, 0.3) is 5.91 Å². The summed E-state index contributed by atoms with van der Waals surface area (Å²) in [6.45, 7) is 0. The third kappa shape index (κ3) is 2.53. The molecule has 0 saturated carbocycles. The van der Waals surface area contributed by atoms with E-state index >= 15 is 0 Å². The third-order valence-corrected chi connectivity index (χ3v) is 2.19. The molecule has 0 saturated heterocycles. The predicted molar refractivity (Wildman–Crippen MR) is 59.7 cm³/mol. The number of amides is 1. The van der Waals surface area contributed by atoms with Crippen molar-refractivity contribution < 1.29 is 4.79 Å². The van der Waals surface area contributed by atoms with Gasteiger partial charge in [0, 0.05) is 23.7 Å². The molecule has 1 N–H and O–H groups in total. The van der Waals surface area contributed by atoms with Crippen LogP contribution in [0.4, 0.5) is 0 Å². The summed E-state index contributed by atoms with van der Waals surface area (Å²) in [7, 11) is 0. The molecule has 0 unspecified atom stereocenters. The number of allylic oxidation sites excluding steroid dienone is 1. The Hall–Kier alpha value is -1.90. The fourth-order valence-electron chi connectivity index (χ4n) is 1.40. The highest BCUT2D eigenvalue weighted by Gasteiger charge is 2.07. The zero-order valence-corrected chi connectivity index (χ0v) is 8.31. The van der Waals surface area contributed by atoms with Crippen LogP contribution in [-0.4, -0.2) is 12.1 Å². The van der Waals surface area contributed by atoms with Crippen molar-refractivity contribution in [1.29, 1.82) is 0 Å². The molecular weight excluding hydrogens is 188 g/mol. The summed E-state index contributed by atoms with van der Waals surface area (Å²) in [6, 6.07) is 9.18. The van der Waals surface area contributed by atoms with Gasteiger partial charge in [0.05, 0.1) is 0 Å². The maximum atomic E-state index is 11.7. The standard InChI is InChI=1S/C12H12N2O/c15-12(10-5-2-1-3-6-10)14-11-7-4-8-13-9-11/h1-3,5-6,8-9H,4,7H2,(H,14,15). The normalized spacial score (nSPS) is 14.5. The lowest BCUT2D eigenvalue weighted by atomic mass is 10.2. The van der Waals surface area contributed by atoms with E-state index in [9.17, 15) is 4.79 Å². The van der Waals surface area contributed by atoms with Crippen LogP contribution in [0.15, 0.2) is 47.2 Å². The first-order valence-electron chi connectivity index (χ1n) is 4.93. The van der Waals surface area contributed by atoms with Gasteiger partial charge in [-0.3, -0.25) is 9.79 Å². The van der Waals surface area contributed by atoms with Crippen LogP contribution in [0.25, 0.3) is 0 Å². The van der Waals surface area contributed by atoms with Gasteiger partial charge in [-0.15, -0.1) is 0 Å². The Bertz CT molecular complexity index is 407. The number of rotatable bonds is 2. The van der Waals surface area contributed by atoms with E-state index in [2.05, 4.69) is 10.3 Å². The van der Waals surface area contributed by atoms with E-state index in [4.69, 9.17) is 0 Å². The quantitative estimate of drug-likeness (QED) is 0.780. The highest BCUT2D eigenvalue weighted by molar-refractivity contribution is 5.95. The fraction of sp³-hybridized carbons (Fsp3) is 0.167. The van der Waals surface area contributed by atoms with E-state index < -0.39 is 0 Å². The number of carbonyl (C=O) groups is 1. The van der Waals surface area contributed by atoms with E-state index in [-0.39, 0.29) is 5.91 Å². The smallest absolute Gasteiger partial charge is 0.255 e. The van der Waals surface area contributed by atoms with Gasteiger partial charge in [-0.05, 0) is 25.0 Å². The molecule has 1 aromatic carbocycles. The number of nitrogens with zero attached hydrogens (tertiary/aromatic N) is 1. The first-order valence-corrected chi connectivity index (χ1v) is 4.93. The summed E-state index contributed by atoms with van der Waals surface area (Å²) in [5, 5.41) is 2.84. The summed E-state index contributed by atoms with van der Waals surface area (Å²) < 4.78 is 0. The van der Waals surface area contributed by atoms with Gasteiger partial charge in [-0.2, -0.15) is 0 Å². The van der Waals surface area contributed by atoms with Gasteiger partial charge in [0.2, 0.25) is 0 Å². The molecule has 2 rings (SSSR count). The molecule has 3 heteroatoms. The molecule has 0 aliphatic carbocycles. The van der Waals surface area contributed by atoms with Gasteiger partial charge in [-0.1, -0.05) is 18.2 Å². The molecule has 1 aliphatic rings. The Morgan fingerprint density at radius 3 is 2.73 bits per heavy atom. The van der Waals surface area contributed by atoms with Gasteiger partial charge in [0.15, 0.2) is 0 Å². The zero-order valence-electron chi connectivity index (χ0n) is 8.31. The second-order valence-electron chi connectivity index (χ2n) is 3.34. The van der Waals surface area contributed by atoms with Crippen LogP contribution in [-0.2, 0) is 0 Å². The molecular formula is C12H12N2O. The van der Waals surface area contributed by atoms with E-state index in [1.54, 1.807) is 18.3 Å². The van der Waals surface area contributed by atoms with Crippen molar-refractivity contribution in [2.45, 2.75) is 12.8 Å². The topological polar surface area (TPSA) is 41.5 Å². The number of carbonyl (C=O) groups excluding carboxylic acids is 1. The molecule has 1 aromatic rings. The predicted octanol–water partition coefficient (Wildman–Crippen LogP) is 2.12. The number of aliphatic imine (C=N–C) groups is 1. The summed E-state index contributed by atoms with van der Waals surface area (Å²) >= 11 is 0. The highest BCUT2D eigenvalue weighted by atomic mass is 16.1. The average Bonchev–Trinajstić information content (AvgIpc) is 2.31. The zero-order chi connectivity index (χ0) is 10.5. The Balaban J connectivity index is 2.04. The van der Waals surface area contributed by atoms with Crippen LogP contribution < -0.4 is 5.32 Å². The average molecular weight is 200 g/mol. The maximum Gasteiger partial charge on any atom is 0.255 e. The van der Waals surface area contributed by atoms with Crippen LogP contribution in [0, 0.1) is 0 Å². The lowest BCUT2D eigenvalue weighted by Crippen LogP contribution is -2.23. The van der Waals surface area contributed by atoms with Crippen LogP contribution >= 0.6 is 0 Å². The molecule has 0 bridgehead atoms. The molecule has 0 fully saturated rings. The maximum absolute atomic E-state index is 11.7. The fourth-order valence-corrected chi connectivity index (χ4v) is 1.40. The first-order chi connectivity index (χ1) is 7.36. The van der Waals surface area contributed by atoms with Crippen molar-refractivity contribution in [1.82, 2.24) is 5.32 Å². The van der Waals surface area contributed by atoms with Crippen LogP contribution in [0.1, 0.15) is 23.2 Å². The molecule has 0 radical (unpaired) electrons. The Morgan fingerprint density at radius 1 is 1.27 bits per heavy atom. The van der Waals surface area contributed by atoms with Crippen LogP contribution in [0.3, 0.4) is 0 Å². The Morgan fingerprint density at radius 2 is 2.07 bits per heavy atom. The van der Waals surface area contributed by atoms with Crippen LogP contribution in [0.5, 0.6) is 0 Å². The summed E-state index contributed by atoms with van der Waals surface area (Å²) in [4.78, 5) is 15.7. The molecule has 15 heavy (non-hydrogen) atoms. The van der Waals surface area contributed by atoms with Gasteiger partial charge < -0.3 is 5.32 Å². The van der Waals surface area contributed by atoms with Crippen molar-refractivity contribution in [3.8, 4) is 0 Å². The second-order valence-corrected chi connectivity index (χ2v) is 3.34. The molecule has 1 heterocycles. The summed E-state index contributed by atoms with van der Waals surface area (Å²) in [5.74, 6) is -0.0704. The second kappa shape index (κ2) is 4.55. The lowest BCUT2D eigenvalue weighted by Gasteiger charge is -2.09. The largest absolute Gasteiger partial charge is 0.324 e. The summed E-state index contributed by atoms with van der Waals surface area (Å²) in [6.07, 6.45) is 5.28. The highest BCUT2D eigenvalue weighted by Crippen LogP contribution is 2.07. The minimum absolute atomic E-state index is 0.0704. The molecule has 0 spiro atoms. The van der Waals surface area contributed by atoms with Crippen molar-refractivity contribution in [2.24, 2.45) is 4.99 Å². The number of hydrogen-bond acceptors (Lipinski definition) is 2. The van der Waals surface area contributed by atoms with Crippen molar-refractivity contribution in [3.63, 3.8) is 0 Å². The summed E-state index contributed by atoms with van der Waals surface area (Å²) in [5.41, 5.74) is 1.55. The Kier molecular flexibility index (Phi) is 2.93. The van der Waals surface area contributed by atoms with Gasteiger partial charge in [0.1, 0.15) is 0 Å². The molecule has 0 atom stereocenters. The van der Waals surface area contributed by atoms with Crippen molar-refractivity contribution in [3.05, 3.63) is 47.8 Å². The lowest BCUT2D eigenvalue weighted by molar-refractivity contribution is 0.0964. The molecule has 1 aliphatic heterocycles. The SMILES string of the molecule is O=C(NC1=CN=CCC1)c1ccccc1. The third-order valence-electron chi connectivity index (χ3n) is 2.19. The van der Waals surface area contributed by atoms with Crippen molar-refractivity contribution >= 4 is 12.1 Å². The molecule has 0 aromatic heterocycles. The van der Waals surface area contributed by atoms with E-state index in [0.29, 0.717) is 5.56 Å². The van der Waals surface area contributed by atoms with Gasteiger partial charge in [-0.25, -0.2) is 0 Å². The number of hydrogen-bond donors (Lipinski definition) is 1. The molecule has 1 amide bonds. The number of nitrogens with one attached hydrogen (secondary N) is 1. The van der Waals surface area contributed by atoms with Crippen LogP contribution in [0.2, 0.25) is 0 Å². The molecule has 3 nitrogen and oxygen atoms in total. The van der Waals surface area contributed by atoms with Gasteiger partial charge >= 0.3 is 0 Å². The molecule has 76 valence electrons.